The fourth-order valence-electron chi connectivity index (χ4n) is 9.51. The standard InChI is InChI=1S/C59H73N11O16S/c1-32(51(77)69-47(30-71)53(79)62-29-50(76)64-48(31-72)59(85)86)63-54(80)43(24-33-9-15-37(73)16-10-33)67-57(83)49-8-5-22-70(49)58(84)46(26-35-13-19-39(75)20-14-35)68-56(82)45(27-36-28-61-42-7-4-3-6-40(36)42)66-55(81)44(25-34-11-17-38(74)18-12-34)65-52(78)41(60)21-23-87-2/h3-4,6-7,9-20,28,32,41,43-49,61,71-75H,5,8,21-27,29-31,60H2,1-2H3,(H,62,79)(H,63,80)(H,64,76)(H,65,78)(H,66,81)(H,67,83)(H,68,82)(H,69,77)(H,85,86)/t32-,41-,43-,44-,45-,46-,47-,48-,49-/m0/s1. The molecule has 0 aliphatic carbocycles. The lowest BCUT2D eigenvalue weighted by Crippen LogP contribution is -2.61. The zero-order valence-electron chi connectivity index (χ0n) is 47.7. The first-order chi connectivity index (χ1) is 41.6. The molecule has 466 valence electrons. The summed E-state index contributed by atoms with van der Waals surface area (Å²) in [6.45, 7) is -1.47. The molecule has 2 heterocycles. The summed E-state index contributed by atoms with van der Waals surface area (Å²) in [5.41, 5.74) is 9.04. The van der Waals surface area contributed by atoms with Gasteiger partial charge in [-0.05, 0) is 103 Å². The van der Waals surface area contributed by atoms with Crippen molar-refractivity contribution in [2.75, 3.05) is 38.3 Å². The van der Waals surface area contributed by atoms with Crippen LogP contribution < -0.4 is 48.3 Å². The average molecular weight is 1220 g/mol. The van der Waals surface area contributed by atoms with Crippen molar-refractivity contribution < 1.29 is 78.6 Å². The topological polar surface area (TPSA) is 433 Å². The molecule has 5 aromatic rings. The SMILES string of the molecule is CSCC[C@H](N)C(=O)N[C@@H](Cc1ccc(O)cc1)C(=O)N[C@@H](Cc1c[nH]c2ccccc12)C(=O)N[C@@H](Cc1ccc(O)cc1)C(=O)N1CCC[C@H]1C(=O)N[C@@H](Cc1ccc(O)cc1)C(=O)N[C@@H](C)C(=O)N[C@@H](CO)C(=O)NCC(=O)N[C@@H](CO)C(=O)O. The van der Waals surface area contributed by atoms with Crippen LogP contribution >= 0.6 is 11.8 Å². The number of aliphatic hydroxyl groups is 2. The summed E-state index contributed by atoms with van der Waals surface area (Å²) in [6.07, 6.45) is 3.61. The maximum atomic E-state index is 15.1. The number of nitrogens with zero attached hydrogens (tertiary/aromatic N) is 1. The van der Waals surface area contributed by atoms with E-state index in [-0.39, 0.29) is 55.9 Å². The molecule has 0 bridgehead atoms. The molecule has 9 atom stereocenters. The third kappa shape index (κ3) is 19.6. The first-order valence-corrected chi connectivity index (χ1v) is 29.2. The van der Waals surface area contributed by atoms with Crippen LogP contribution in [0.5, 0.6) is 17.2 Å². The van der Waals surface area contributed by atoms with Crippen LogP contribution in [-0.2, 0) is 73.6 Å². The number of benzene rings is 4. The normalized spacial score (nSPS) is 15.6. The minimum atomic E-state index is -1.67. The molecule has 0 saturated carbocycles. The molecule has 0 spiro atoms. The van der Waals surface area contributed by atoms with Crippen molar-refractivity contribution >= 4 is 81.8 Å². The molecule has 9 amide bonds. The molecule has 1 aliphatic rings. The van der Waals surface area contributed by atoms with Crippen molar-refractivity contribution in [3.05, 3.63) is 126 Å². The van der Waals surface area contributed by atoms with Crippen LogP contribution in [0.25, 0.3) is 10.9 Å². The van der Waals surface area contributed by atoms with Crippen molar-refractivity contribution in [3.63, 3.8) is 0 Å². The molecule has 27 nitrogen and oxygen atoms in total. The van der Waals surface area contributed by atoms with Gasteiger partial charge in [-0.25, -0.2) is 4.79 Å². The van der Waals surface area contributed by atoms with Gasteiger partial charge in [-0.15, -0.1) is 0 Å². The predicted octanol–water partition coefficient (Wildman–Crippen LogP) is -1.77. The Morgan fingerprint density at radius 2 is 1.09 bits per heavy atom. The number of phenols is 3. The minimum Gasteiger partial charge on any atom is -0.508 e. The Bertz CT molecular complexity index is 3220. The van der Waals surface area contributed by atoms with Gasteiger partial charge >= 0.3 is 5.97 Å². The summed E-state index contributed by atoms with van der Waals surface area (Å²) in [6, 6.07) is 12.1. The number of carboxylic acids is 1. The molecule has 0 unspecified atom stereocenters. The highest BCUT2D eigenvalue weighted by molar-refractivity contribution is 7.98. The average Bonchev–Trinajstić information content (AvgIpc) is 2.89. The maximum absolute atomic E-state index is 15.1. The number of fused-ring (bicyclic) bond motifs is 1. The van der Waals surface area contributed by atoms with E-state index in [9.17, 15) is 63.9 Å². The quantitative estimate of drug-likeness (QED) is 0.0233. The van der Waals surface area contributed by atoms with E-state index in [1.807, 2.05) is 29.8 Å². The van der Waals surface area contributed by atoms with Gasteiger partial charge in [0, 0.05) is 49.3 Å². The highest BCUT2D eigenvalue weighted by Gasteiger charge is 2.41. The molecule has 1 fully saturated rings. The number of rotatable bonds is 31. The number of hydrogen-bond acceptors (Lipinski definition) is 17. The summed E-state index contributed by atoms with van der Waals surface area (Å²) in [5, 5.41) is 79.0. The third-order valence-electron chi connectivity index (χ3n) is 14.4. The molecule has 17 N–H and O–H groups in total. The molecule has 1 aliphatic heterocycles. The van der Waals surface area contributed by atoms with E-state index in [1.54, 1.807) is 24.4 Å². The molecule has 6 rings (SSSR count). The number of aliphatic hydroxyl groups excluding tert-OH is 2. The van der Waals surface area contributed by atoms with Crippen LogP contribution in [0.3, 0.4) is 0 Å². The van der Waals surface area contributed by atoms with E-state index >= 15 is 9.59 Å². The van der Waals surface area contributed by atoms with E-state index in [0.29, 0.717) is 40.8 Å². The van der Waals surface area contributed by atoms with Crippen LogP contribution in [0.15, 0.2) is 103 Å². The number of carbonyl (C=O) groups is 10. The molecular formula is C59H73N11O16S. The lowest BCUT2D eigenvalue weighted by molar-refractivity contribution is -0.143. The van der Waals surface area contributed by atoms with Crippen molar-refractivity contribution in [2.24, 2.45) is 5.73 Å². The van der Waals surface area contributed by atoms with Gasteiger partial charge in [0.2, 0.25) is 53.2 Å². The monoisotopic (exact) mass is 1220 g/mol. The van der Waals surface area contributed by atoms with Gasteiger partial charge in [-0.1, -0.05) is 54.6 Å². The predicted molar refractivity (Wildman–Crippen MR) is 317 cm³/mol. The van der Waals surface area contributed by atoms with E-state index in [0.717, 1.165) is 10.9 Å². The number of amides is 9. The second-order valence-electron chi connectivity index (χ2n) is 20.8. The third-order valence-corrected chi connectivity index (χ3v) is 15.0. The van der Waals surface area contributed by atoms with Crippen LogP contribution in [0.4, 0.5) is 0 Å². The number of H-pyrrole nitrogens is 1. The van der Waals surface area contributed by atoms with Gasteiger partial charge in [0.05, 0.1) is 25.8 Å². The number of nitrogens with one attached hydrogen (secondary N) is 9. The molecule has 87 heavy (non-hydrogen) atoms. The molecule has 4 aromatic carbocycles. The van der Waals surface area contributed by atoms with E-state index < -0.39 is 133 Å². The number of para-hydroxylation sites is 1. The first kappa shape index (κ1) is 66.9. The number of aliphatic carboxylic acids is 1. The highest BCUT2D eigenvalue weighted by atomic mass is 32.2. The molecule has 28 heteroatoms. The number of carbonyl (C=O) groups excluding carboxylic acids is 9. The summed E-state index contributed by atoms with van der Waals surface area (Å²) in [4.78, 5) is 141. The lowest BCUT2D eigenvalue weighted by Gasteiger charge is -2.31. The second kappa shape index (κ2) is 32.3. The summed E-state index contributed by atoms with van der Waals surface area (Å²) >= 11 is 1.48. The van der Waals surface area contributed by atoms with E-state index in [4.69, 9.17) is 10.8 Å². The van der Waals surface area contributed by atoms with Crippen molar-refractivity contribution in [2.45, 2.75) is 106 Å². The second-order valence-corrected chi connectivity index (χ2v) is 21.8. The van der Waals surface area contributed by atoms with E-state index in [2.05, 4.69) is 42.2 Å². The van der Waals surface area contributed by atoms with E-state index in [1.165, 1.54) is 84.2 Å². The number of phenolic OH excluding ortho intramolecular Hbond substituents is 3. The largest absolute Gasteiger partial charge is 0.508 e. The van der Waals surface area contributed by atoms with Gasteiger partial charge in [0.15, 0.2) is 0 Å². The Morgan fingerprint density at radius 1 is 0.598 bits per heavy atom. The maximum Gasteiger partial charge on any atom is 0.328 e. The van der Waals surface area contributed by atoms with Crippen LogP contribution in [0.1, 0.15) is 48.4 Å². The number of aromatic hydroxyl groups is 3. The first-order valence-electron chi connectivity index (χ1n) is 27.8. The fourth-order valence-corrected chi connectivity index (χ4v) is 10.0. The van der Waals surface area contributed by atoms with Gasteiger partial charge in [-0.2, -0.15) is 11.8 Å². The fraction of sp³-hybridized carbons (Fsp3) is 0.390. The summed E-state index contributed by atoms with van der Waals surface area (Å²) in [5.74, 6) is -8.95. The minimum absolute atomic E-state index is 0.00785. The zero-order valence-corrected chi connectivity index (χ0v) is 48.5. The Hall–Kier alpha value is -9.25. The molecule has 1 aromatic heterocycles. The number of hydrogen-bond donors (Lipinski definition) is 16. The van der Waals surface area contributed by atoms with Crippen LogP contribution in [-0.4, -0.2) is 192 Å². The van der Waals surface area contributed by atoms with Gasteiger partial charge in [-0.3, -0.25) is 43.2 Å². The van der Waals surface area contributed by atoms with Crippen molar-refractivity contribution in [3.8, 4) is 17.2 Å². The Morgan fingerprint density at radius 3 is 1.64 bits per heavy atom. The smallest absolute Gasteiger partial charge is 0.328 e. The lowest BCUT2D eigenvalue weighted by atomic mass is 10.00. The zero-order chi connectivity index (χ0) is 63.3. The van der Waals surface area contributed by atoms with Crippen LogP contribution in [0, 0.1) is 0 Å². The molecule has 0 radical (unpaired) electrons. The Balaban J connectivity index is 1.24. The number of thioether (sulfide) groups is 1. The number of nitrogens with two attached hydrogens (primary N) is 1. The van der Waals surface area contributed by atoms with Gasteiger partial charge in [0.1, 0.15) is 65.6 Å². The van der Waals surface area contributed by atoms with Gasteiger partial charge in [0.25, 0.3) is 0 Å². The molecular weight excluding hydrogens is 1150 g/mol. The Kier molecular flexibility index (Phi) is 24.8. The number of aromatic amines is 1. The molecule has 1 saturated heterocycles. The van der Waals surface area contributed by atoms with Crippen LogP contribution in [0.2, 0.25) is 0 Å². The summed E-state index contributed by atoms with van der Waals surface area (Å²) in [7, 11) is 0. The number of carboxylic acid groups (broad SMARTS) is 1. The Labute approximate surface area is 504 Å². The van der Waals surface area contributed by atoms with Gasteiger partial charge < -0.3 is 88.8 Å². The number of aromatic nitrogens is 1. The van der Waals surface area contributed by atoms with Crippen molar-refractivity contribution in [1.29, 1.82) is 0 Å². The van der Waals surface area contributed by atoms with Crippen molar-refractivity contribution in [1.82, 2.24) is 52.4 Å². The number of likely N-dealkylation sites (tertiary alicyclic amines) is 1. The highest BCUT2D eigenvalue weighted by Crippen LogP contribution is 2.24. The summed E-state index contributed by atoms with van der Waals surface area (Å²) < 4.78 is 0.